The molecule has 2 aliphatic carbocycles. The van der Waals surface area contributed by atoms with Crippen LogP contribution in [0.3, 0.4) is 0 Å². The molecular weight excluding hydrogens is 380 g/mol. The van der Waals surface area contributed by atoms with E-state index < -0.39 is 0 Å². The Kier molecular flexibility index (Phi) is 6.41. The molecule has 1 aliphatic heterocycles. The molecule has 1 aromatic heterocycles. The number of carbonyl (C=O) groups is 1. The van der Waals surface area contributed by atoms with Gasteiger partial charge in [0.1, 0.15) is 5.82 Å². The zero-order chi connectivity index (χ0) is 22.8. The second-order valence-corrected chi connectivity index (χ2v) is 10.5. The van der Waals surface area contributed by atoms with E-state index in [0.29, 0.717) is 6.42 Å². The van der Waals surface area contributed by atoms with Crippen LogP contribution in [0.4, 0.5) is 5.82 Å². The highest BCUT2D eigenvalue weighted by atomic mass is 16.1. The van der Waals surface area contributed by atoms with Gasteiger partial charge in [0.15, 0.2) is 5.78 Å². The molecule has 163 valence electrons. The van der Waals surface area contributed by atoms with E-state index in [1.165, 1.54) is 5.56 Å². The largest absolute Gasteiger partial charge is 0.343 e. The van der Waals surface area contributed by atoms with E-state index >= 15 is 0 Å². The third-order valence-corrected chi connectivity index (χ3v) is 5.74. The van der Waals surface area contributed by atoms with Gasteiger partial charge in [-0.2, -0.15) is 0 Å². The quantitative estimate of drug-likeness (QED) is 0.555. The Bertz CT molecular complexity index is 986. The van der Waals surface area contributed by atoms with Gasteiger partial charge < -0.3 is 5.32 Å². The lowest BCUT2D eigenvalue weighted by Crippen LogP contribution is -2.35. The summed E-state index contributed by atoms with van der Waals surface area (Å²) in [5.41, 5.74) is 4.46. The lowest BCUT2D eigenvalue weighted by atomic mass is 9.67. The number of rotatable bonds is 2. The minimum absolute atomic E-state index is 0. The Hall–Kier alpha value is -2.86. The van der Waals surface area contributed by atoms with Crippen LogP contribution in [-0.2, 0) is 11.2 Å². The number of hydrogen-bond donors (Lipinski definition) is 1. The Morgan fingerprint density at radius 2 is 1.77 bits per heavy atom. The number of ketones is 1. The fourth-order valence-electron chi connectivity index (χ4n) is 4.70. The van der Waals surface area contributed by atoms with Gasteiger partial charge in [-0.15, -0.1) is 12.8 Å². The Morgan fingerprint density at radius 3 is 2.39 bits per heavy atom. The van der Waals surface area contributed by atoms with Crippen LogP contribution < -0.4 is 5.32 Å². The van der Waals surface area contributed by atoms with Gasteiger partial charge in [-0.05, 0) is 35.3 Å². The van der Waals surface area contributed by atoms with Crippen LogP contribution >= 0.6 is 0 Å². The number of allylic oxidation sites excluding steroid dienone is 8. The average molecular weight is 416 g/mol. The van der Waals surface area contributed by atoms with Gasteiger partial charge in [0.2, 0.25) is 0 Å². The first kappa shape index (κ1) is 22.8. The summed E-state index contributed by atoms with van der Waals surface area (Å²) in [5, 5.41) is 3.53. The Morgan fingerprint density at radius 1 is 1.13 bits per heavy atom. The van der Waals surface area contributed by atoms with Gasteiger partial charge in [-0.25, -0.2) is 4.98 Å². The molecule has 0 saturated heterocycles. The smallest absolute Gasteiger partial charge is 0.161 e. The van der Waals surface area contributed by atoms with Crippen molar-refractivity contribution in [2.24, 2.45) is 10.8 Å². The maximum Gasteiger partial charge on any atom is 0.161 e. The Labute approximate surface area is 188 Å². The molecule has 0 saturated carbocycles. The number of nitrogens with one attached hydrogen (secondary N) is 1. The summed E-state index contributed by atoms with van der Waals surface area (Å²) in [6, 6.07) is 2.26. The van der Waals surface area contributed by atoms with Crippen LogP contribution in [0.5, 0.6) is 0 Å². The number of nitrogens with zero attached hydrogens (tertiary/aromatic N) is 1. The lowest BCUT2D eigenvalue weighted by molar-refractivity contribution is -0.118. The monoisotopic (exact) mass is 415 g/mol. The summed E-state index contributed by atoms with van der Waals surface area (Å²) in [6.07, 6.45) is 24.8. The molecule has 0 fully saturated rings. The Balaban J connectivity index is 0.00000118. The number of hydrogen-bond acceptors (Lipinski definition) is 3. The number of pyridine rings is 1. The number of Topliss-reactive ketones (excluding diaryl/α,β-unsaturated/α-hetero) is 1. The van der Waals surface area contributed by atoms with Gasteiger partial charge in [0, 0.05) is 42.7 Å². The highest BCUT2D eigenvalue weighted by Crippen LogP contribution is 2.50. The molecule has 0 spiro atoms. The maximum absolute atomic E-state index is 13.3. The zero-order valence-electron chi connectivity index (χ0n) is 19.3. The van der Waals surface area contributed by atoms with Gasteiger partial charge >= 0.3 is 0 Å². The van der Waals surface area contributed by atoms with E-state index in [1.807, 2.05) is 18.3 Å². The van der Waals surface area contributed by atoms with Crippen LogP contribution in [-0.4, -0.2) is 10.8 Å². The molecule has 1 N–H and O–H groups in total. The first-order valence-electron chi connectivity index (χ1n) is 10.9. The fourth-order valence-corrected chi connectivity index (χ4v) is 4.70. The standard InChI is InChI=1S/C26H31N2O.C2H2.H2/c1-25(2,3)13-17-12-19-22(18-10-8-6-7-9-11-18)23-20(28-24(19)27-16-17)14-26(4,5)15-21(23)29;1-2;/h6-12,16,22H,13-15H2,1-5H3,(H,27,28);1-2H;1H. The average Bonchev–Trinajstić information content (AvgIpc) is 2.95. The van der Waals surface area contributed by atoms with Crippen molar-refractivity contribution in [3.05, 3.63) is 77.0 Å². The van der Waals surface area contributed by atoms with Crippen molar-refractivity contribution >= 4 is 11.6 Å². The molecule has 3 heteroatoms. The molecule has 31 heavy (non-hydrogen) atoms. The third kappa shape index (κ3) is 5.07. The van der Waals surface area contributed by atoms with E-state index in [2.05, 4.69) is 83.2 Å². The van der Waals surface area contributed by atoms with Gasteiger partial charge in [-0.1, -0.05) is 71.1 Å². The van der Waals surface area contributed by atoms with Crippen molar-refractivity contribution in [1.82, 2.24) is 4.98 Å². The summed E-state index contributed by atoms with van der Waals surface area (Å²) in [6.45, 7) is 11.1. The van der Waals surface area contributed by atoms with Crippen LogP contribution in [0, 0.1) is 29.6 Å². The lowest BCUT2D eigenvalue weighted by Gasteiger charge is -2.40. The molecule has 1 atom stereocenters. The van der Waals surface area contributed by atoms with Crippen molar-refractivity contribution < 1.29 is 6.22 Å². The third-order valence-electron chi connectivity index (χ3n) is 5.74. The number of anilines is 1. The maximum atomic E-state index is 13.3. The van der Waals surface area contributed by atoms with Gasteiger partial charge in [-0.3, -0.25) is 4.79 Å². The van der Waals surface area contributed by atoms with Gasteiger partial charge in [0.05, 0.1) is 0 Å². The molecule has 2 heterocycles. The summed E-state index contributed by atoms with van der Waals surface area (Å²) in [5.74, 6) is 2.23. The van der Waals surface area contributed by atoms with E-state index in [1.54, 1.807) is 0 Å². The van der Waals surface area contributed by atoms with Crippen molar-refractivity contribution in [1.29, 1.82) is 0 Å². The van der Waals surface area contributed by atoms with Crippen LogP contribution in [0.2, 0.25) is 0 Å². The van der Waals surface area contributed by atoms with Crippen molar-refractivity contribution in [2.75, 3.05) is 5.32 Å². The van der Waals surface area contributed by atoms with E-state index in [4.69, 9.17) is 4.98 Å². The topological polar surface area (TPSA) is 42.0 Å². The molecule has 0 aromatic carbocycles. The molecule has 0 amide bonds. The molecule has 4 rings (SSSR count). The van der Waals surface area contributed by atoms with E-state index in [-0.39, 0.29) is 24.0 Å². The molecule has 1 radical (unpaired) electrons. The number of aromatic nitrogens is 1. The number of terminal acetylenes is 1. The summed E-state index contributed by atoms with van der Waals surface area (Å²) < 4.78 is 0. The minimum atomic E-state index is -0.0651. The molecule has 3 nitrogen and oxygen atoms in total. The minimum Gasteiger partial charge on any atom is -0.343 e. The number of carbonyl (C=O) groups excluding carboxylic acids is 1. The first-order valence-corrected chi connectivity index (χ1v) is 10.9. The highest BCUT2D eigenvalue weighted by Gasteiger charge is 2.42. The van der Waals surface area contributed by atoms with Crippen molar-refractivity contribution in [2.45, 2.75) is 59.8 Å². The van der Waals surface area contributed by atoms with E-state index in [0.717, 1.165) is 41.4 Å². The van der Waals surface area contributed by atoms with Crippen LogP contribution in [0.25, 0.3) is 0 Å². The predicted octanol–water partition coefficient (Wildman–Crippen LogP) is 6.57. The molecule has 3 aliphatic rings. The fraction of sp³-hybridized carbons (Fsp3) is 0.393. The number of fused-ring (bicyclic) bond motifs is 1. The summed E-state index contributed by atoms with van der Waals surface area (Å²) in [7, 11) is 0. The normalized spacial score (nSPS) is 22.0. The molecule has 0 bridgehead atoms. The second-order valence-electron chi connectivity index (χ2n) is 10.5. The van der Waals surface area contributed by atoms with Crippen LogP contribution in [0.1, 0.15) is 65.9 Å². The van der Waals surface area contributed by atoms with Crippen molar-refractivity contribution in [3.8, 4) is 12.8 Å². The summed E-state index contributed by atoms with van der Waals surface area (Å²) in [4.78, 5) is 18.1. The SMILES string of the molecule is C#C.CC(C)(C)Cc1cnc2c(c1)C([C]1C=CC=CC=C1)C1=C(CC(C)(C)CC1=O)N2.[HH]. The zero-order valence-corrected chi connectivity index (χ0v) is 19.3. The second kappa shape index (κ2) is 8.71. The summed E-state index contributed by atoms with van der Waals surface area (Å²) >= 11 is 0. The highest BCUT2D eigenvalue weighted by molar-refractivity contribution is 6.01. The predicted molar refractivity (Wildman–Crippen MR) is 131 cm³/mol. The molecule has 1 unspecified atom stereocenters. The molecule has 1 aromatic rings. The molecular formula is C28H35N2O. The first-order chi connectivity index (χ1) is 14.6. The van der Waals surface area contributed by atoms with Crippen molar-refractivity contribution in [3.63, 3.8) is 0 Å². The van der Waals surface area contributed by atoms with E-state index in [9.17, 15) is 4.79 Å². The van der Waals surface area contributed by atoms with Crippen LogP contribution in [0.15, 0.2) is 60.0 Å². The van der Waals surface area contributed by atoms with Gasteiger partial charge in [0.25, 0.3) is 0 Å².